The van der Waals surface area contributed by atoms with Gasteiger partial charge in [-0.15, -0.1) is 0 Å². The molecule has 1 aromatic carbocycles. The predicted octanol–water partition coefficient (Wildman–Crippen LogP) is 2.40. The Hall–Kier alpha value is -2.05. The monoisotopic (exact) mass is 247 g/mol. The van der Waals surface area contributed by atoms with Crippen LogP contribution in [0.1, 0.15) is 16.1 Å². The summed E-state index contributed by atoms with van der Waals surface area (Å²) in [7, 11) is 0. The molecule has 2 rings (SSSR count). The zero-order chi connectivity index (χ0) is 12.9. The topological polar surface area (TPSA) is 56.2 Å². The van der Waals surface area contributed by atoms with Crippen LogP contribution in [0.25, 0.3) is 11.0 Å². The molecule has 90 valence electrons. The number of primary amides is 1. The van der Waals surface area contributed by atoms with E-state index in [0.717, 1.165) is 0 Å². The highest BCUT2D eigenvalue weighted by molar-refractivity contribution is 6.06. The minimum absolute atomic E-state index is 0.213. The Morgan fingerprint density at radius 1 is 1.06 bits per heavy atom. The highest BCUT2D eigenvalue weighted by Gasteiger charge is 2.28. The number of carbonyl (C=O) groups is 1. The Bertz CT molecular complexity index is 648. The lowest BCUT2D eigenvalue weighted by Gasteiger charge is -1.99. The van der Waals surface area contributed by atoms with Gasteiger partial charge in [0.25, 0.3) is 5.91 Å². The number of nitrogens with two attached hydrogens (primary N) is 1. The number of aryl methyl sites for hydroxylation is 1. The molecule has 7 heteroatoms. The molecule has 1 aromatic heterocycles. The Balaban J connectivity index is 3.07. The first kappa shape index (κ1) is 11.4. The highest BCUT2D eigenvalue weighted by atomic mass is 19.2. The normalized spacial score (nSPS) is 11.1. The van der Waals surface area contributed by atoms with Gasteiger partial charge in [-0.3, -0.25) is 4.79 Å². The summed E-state index contributed by atoms with van der Waals surface area (Å²) >= 11 is 0. The van der Waals surface area contributed by atoms with E-state index in [2.05, 4.69) is 4.42 Å². The second-order valence-corrected chi connectivity index (χ2v) is 3.36. The number of furan rings is 1. The second-order valence-electron chi connectivity index (χ2n) is 3.36. The maximum Gasteiger partial charge on any atom is 0.252 e. The minimum atomic E-state index is -2.02. The van der Waals surface area contributed by atoms with Gasteiger partial charge in [0.1, 0.15) is 5.76 Å². The Labute approximate surface area is 91.8 Å². The van der Waals surface area contributed by atoms with Crippen molar-refractivity contribution >= 4 is 16.9 Å². The first-order valence-electron chi connectivity index (χ1n) is 4.41. The summed E-state index contributed by atoms with van der Waals surface area (Å²) in [6, 6.07) is 0. The Morgan fingerprint density at radius 2 is 1.59 bits per heavy atom. The van der Waals surface area contributed by atoms with Gasteiger partial charge in [0.05, 0.1) is 10.9 Å². The van der Waals surface area contributed by atoms with E-state index < -0.39 is 45.7 Å². The van der Waals surface area contributed by atoms with Crippen molar-refractivity contribution in [1.82, 2.24) is 0 Å². The molecule has 1 amide bonds. The molecule has 1 heterocycles. The molecule has 2 N–H and O–H groups in total. The van der Waals surface area contributed by atoms with E-state index >= 15 is 0 Å². The molecule has 3 nitrogen and oxygen atoms in total. The van der Waals surface area contributed by atoms with Crippen molar-refractivity contribution in [3.63, 3.8) is 0 Å². The van der Waals surface area contributed by atoms with Crippen molar-refractivity contribution in [2.75, 3.05) is 0 Å². The molecule has 0 radical (unpaired) electrons. The summed E-state index contributed by atoms with van der Waals surface area (Å²) < 4.78 is 57.3. The van der Waals surface area contributed by atoms with Gasteiger partial charge in [-0.2, -0.15) is 4.39 Å². The number of halogens is 4. The molecule has 0 saturated carbocycles. The Morgan fingerprint density at radius 3 is 2.12 bits per heavy atom. The summed E-state index contributed by atoms with van der Waals surface area (Å²) in [5.41, 5.74) is 3.56. The van der Waals surface area contributed by atoms with Crippen LogP contribution in [0, 0.1) is 30.2 Å². The fourth-order valence-electron chi connectivity index (χ4n) is 1.61. The first-order chi connectivity index (χ1) is 7.86. The smallest absolute Gasteiger partial charge is 0.252 e. The van der Waals surface area contributed by atoms with Crippen molar-refractivity contribution in [1.29, 1.82) is 0 Å². The summed E-state index contributed by atoms with van der Waals surface area (Å²) in [4.78, 5) is 11.0. The molecule has 0 bridgehead atoms. The van der Waals surface area contributed by atoms with Crippen LogP contribution in [0.5, 0.6) is 0 Å². The second kappa shape index (κ2) is 3.47. The van der Waals surface area contributed by atoms with E-state index in [0.29, 0.717) is 0 Å². The predicted molar refractivity (Wildman–Crippen MR) is 49.3 cm³/mol. The van der Waals surface area contributed by atoms with Gasteiger partial charge >= 0.3 is 0 Å². The standard InChI is InChI=1S/C10H5F4NO2/c1-2-3(10(15)16)4-5(11)6(12)7(13)8(14)9(4)17-2/h1H3,(H2,15,16). The average molecular weight is 247 g/mol. The van der Waals surface area contributed by atoms with Gasteiger partial charge in [-0.1, -0.05) is 0 Å². The third-order valence-corrected chi connectivity index (χ3v) is 2.33. The van der Waals surface area contributed by atoms with Crippen LogP contribution >= 0.6 is 0 Å². The van der Waals surface area contributed by atoms with Crippen molar-refractivity contribution in [2.24, 2.45) is 5.73 Å². The summed E-state index contributed by atoms with van der Waals surface area (Å²) in [5.74, 6) is -8.75. The molecule has 0 aliphatic rings. The van der Waals surface area contributed by atoms with Crippen LogP contribution in [0.2, 0.25) is 0 Å². The molecular weight excluding hydrogens is 242 g/mol. The SMILES string of the molecule is Cc1oc2c(F)c(F)c(F)c(F)c2c1C(N)=O. The maximum atomic E-state index is 13.4. The molecule has 17 heavy (non-hydrogen) atoms. The lowest BCUT2D eigenvalue weighted by atomic mass is 10.1. The number of amides is 1. The molecular formula is C10H5F4NO2. The zero-order valence-corrected chi connectivity index (χ0v) is 8.41. The van der Waals surface area contributed by atoms with Crippen LogP contribution in [-0.4, -0.2) is 5.91 Å². The van der Waals surface area contributed by atoms with E-state index in [1.54, 1.807) is 0 Å². The van der Waals surface area contributed by atoms with E-state index in [1.165, 1.54) is 6.92 Å². The molecule has 0 fully saturated rings. The molecule has 2 aromatic rings. The van der Waals surface area contributed by atoms with Crippen molar-refractivity contribution in [2.45, 2.75) is 6.92 Å². The molecule has 0 saturated heterocycles. The summed E-state index contributed by atoms with van der Waals surface area (Å²) in [6.07, 6.45) is 0. The number of benzene rings is 1. The van der Waals surface area contributed by atoms with Gasteiger partial charge in [0.15, 0.2) is 17.2 Å². The van der Waals surface area contributed by atoms with Gasteiger partial charge in [-0.05, 0) is 6.92 Å². The van der Waals surface area contributed by atoms with Crippen LogP contribution < -0.4 is 5.73 Å². The summed E-state index contributed by atoms with van der Waals surface area (Å²) in [6.45, 7) is 1.20. The Kier molecular flexibility index (Phi) is 2.34. The fraction of sp³-hybridized carbons (Fsp3) is 0.100. The average Bonchev–Trinajstić information content (AvgIpc) is 2.61. The third-order valence-electron chi connectivity index (χ3n) is 2.33. The number of carbonyl (C=O) groups excluding carboxylic acids is 1. The quantitative estimate of drug-likeness (QED) is 0.478. The van der Waals surface area contributed by atoms with Crippen LogP contribution in [-0.2, 0) is 0 Å². The lowest BCUT2D eigenvalue weighted by Crippen LogP contribution is -2.12. The largest absolute Gasteiger partial charge is 0.457 e. The molecule has 0 spiro atoms. The number of rotatable bonds is 1. The zero-order valence-electron chi connectivity index (χ0n) is 8.41. The van der Waals surface area contributed by atoms with Crippen molar-refractivity contribution < 1.29 is 26.8 Å². The summed E-state index contributed by atoms with van der Waals surface area (Å²) in [5, 5.41) is -0.786. The van der Waals surface area contributed by atoms with E-state index in [9.17, 15) is 22.4 Å². The van der Waals surface area contributed by atoms with E-state index in [-0.39, 0.29) is 5.76 Å². The van der Waals surface area contributed by atoms with E-state index in [4.69, 9.17) is 5.73 Å². The first-order valence-corrected chi connectivity index (χ1v) is 4.41. The van der Waals surface area contributed by atoms with Crippen LogP contribution in [0.4, 0.5) is 17.6 Å². The van der Waals surface area contributed by atoms with Crippen LogP contribution in [0.3, 0.4) is 0 Å². The van der Waals surface area contributed by atoms with Gasteiger partial charge in [0.2, 0.25) is 11.6 Å². The minimum Gasteiger partial charge on any atom is -0.457 e. The fourth-order valence-corrected chi connectivity index (χ4v) is 1.61. The van der Waals surface area contributed by atoms with Gasteiger partial charge in [0, 0.05) is 0 Å². The highest BCUT2D eigenvalue weighted by Crippen LogP contribution is 2.32. The molecule has 0 aliphatic heterocycles. The lowest BCUT2D eigenvalue weighted by molar-refractivity contribution is 0.1000. The van der Waals surface area contributed by atoms with E-state index in [1.807, 2.05) is 0 Å². The van der Waals surface area contributed by atoms with Crippen molar-refractivity contribution in [3.8, 4) is 0 Å². The van der Waals surface area contributed by atoms with Crippen LogP contribution in [0.15, 0.2) is 4.42 Å². The molecule has 0 aliphatic carbocycles. The maximum absolute atomic E-state index is 13.4. The molecule has 0 unspecified atom stereocenters. The van der Waals surface area contributed by atoms with Gasteiger partial charge < -0.3 is 10.2 Å². The third kappa shape index (κ3) is 1.38. The number of fused-ring (bicyclic) bond motifs is 1. The van der Waals surface area contributed by atoms with Crippen molar-refractivity contribution in [3.05, 3.63) is 34.6 Å². The number of hydrogen-bond acceptors (Lipinski definition) is 2. The number of hydrogen-bond donors (Lipinski definition) is 1. The van der Waals surface area contributed by atoms with Gasteiger partial charge in [-0.25, -0.2) is 13.2 Å². The molecule has 0 atom stereocenters.